The number of hydrogen-bond acceptors (Lipinski definition) is 4. The molecule has 0 bridgehead atoms. The number of rotatable bonds is 9. The molecule has 7 heteroatoms. The average molecular weight is 398 g/mol. The summed E-state index contributed by atoms with van der Waals surface area (Å²) in [6.45, 7) is 2.16. The maximum Gasteiger partial charge on any atom is 0.328 e. The lowest BCUT2D eigenvalue weighted by atomic mass is 10.1. The van der Waals surface area contributed by atoms with Crippen molar-refractivity contribution in [2.24, 2.45) is 0 Å². The number of amides is 2. The van der Waals surface area contributed by atoms with Crippen molar-refractivity contribution in [2.45, 2.75) is 19.4 Å². The molecule has 29 heavy (non-hydrogen) atoms. The number of carbonyl (C=O) groups excluding carboxylic acids is 3. The van der Waals surface area contributed by atoms with Crippen LogP contribution in [0.5, 0.6) is 0 Å². The van der Waals surface area contributed by atoms with Crippen molar-refractivity contribution in [1.82, 2.24) is 5.32 Å². The number of hydrogen-bond donors (Lipinski definition) is 3. The van der Waals surface area contributed by atoms with E-state index >= 15 is 0 Å². The zero-order chi connectivity index (χ0) is 21.2. The number of aryl methyl sites for hydroxylation is 1. The monoisotopic (exact) mass is 398 g/mol. The molecule has 0 radical (unpaired) electrons. The number of carbonyl (C=O) groups is 3. The van der Waals surface area contributed by atoms with E-state index in [1.165, 1.54) is 7.11 Å². The molecule has 1 unspecified atom stereocenters. The van der Waals surface area contributed by atoms with Crippen LogP contribution in [0.2, 0.25) is 0 Å². The molecule has 3 N–H and O–H groups in total. The van der Waals surface area contributed by atoms with Crippen molar-refractivity contribution < 1.29 is 24.0 Å². The van der Waals surface area contributed by atoms with E-state index in [0.717, 1.165) is 11.1 Å². The van der Waals surface area contributed by atoms with E-state index in [4.69, 9.17) is 4.74 Å². The second kappa shape index (κ2) is 11.0. The third-order valence-electron chi connectivity index (χ3n) is 4.36. The summed E-state index contributed by atoms with van der Waals surface area (Å²) in [5.41, 5.74) is 2.74. The van der Waals surface area contributed by atoms with Crippen LogP contribution < -0.4 is 15.5 Å². The molecule has 0 heterocycles. The van der Waals surface area contributed by atoms with E-state index in [1.807, 2.05) is 61.5 Å². The molecule has 2 rings (SSSR count). The molecule has 0 aliphatic heterocycles. The Labute approximate surface area is 171 Å². The van der Waals surface area contributed by atoms with Gasteiger partial charge in [0.15, 0.2) is 13.1 Å². The van der Waals surface area contributed by atoms with Gasteiger partial charge in [0.25, 0.3) is 11.8 Å². The first kappa shape index (κ1) is 22.1. The topological polar surface area (TPSA) is 88.9 Å². The number of benzene rings is 2. The number of esters is 1. The van der Waals surface area contributed by atoms with Crippen LogP contribution in [-0.4, -0.2) is 51.1 Å². The molecule has 2 aromatic carbocycles. The second-order valence-electron chi connectivity index (χ2n) is 7.06. The normalized spacial score (nSPS) is 12.5. The summed E-state index contributed by atoms with van der Waals surface area (Å²) in [6, 6.07) is 16.1. The van der Waals surface area contributed by atoms with Crippen LogP contribution in [0.3, 0.4) is 0 Å². The molecule has 0 saturated carbocycles. The summed E-state index contributed by atoms with van der Waals surface area (Å²) in [5.74, 6) is -1.01. The number of methoxy groups -OCH3 is 1. The SMILES string of the molecule is COC(=O)[C@H](Cc1ccccc1)NC(=O)C[NH+](C)CC(=O)Nc1ccc(C)cc1. The van der Waals surface area contributed by atoms with Crippen LogP contribution >= 0.6 is 0 Å². The molecule has 7 nitrogen and oxygen atoms in total. The zero-order valence-corrected chi connectivity index (χ0v) is 17.0. The van der Waals surface area contributed by atoms with E-state index in [9.17, 15) is 14.4 Å². The lowest BCUT2D eigenvalue weighted by Crippen LogP contribution is -3.11. The summed E-state index contributed by atoms with van der Waals surface area (Å²) < 4.78 is 4.81. The number of ether oxygens (including phenoxy) is 1. The average Bonchev–Trinajstić information content (AvgIpc) is 2.69. The Morgan fingerprint density at radius 3 is 2.21 bits per heavy atom. The van der Waals surface area contributed by atoms with Gasteiger partial charge in [-0.1, -0.05) is 48.0 Å². The van der Waals surface area contributed by atoms with Gasteiger partial charge in [-0.2, -0.15) is 0 Å². The molecular formula is C22H28N3O4+. The number of anilines is 1. The Hall–Kier alpha value is -3.19. The lowest BCUT2D eigenvalue weighted by molar-refractivity contribution is -0.862. The Morgan fingerprint density at radius 1 is 0.966 bits per heavy atom. The van der Waals surface area contributed by atoms with Crippen molar-refractivity contribution >= 4 is 23.5 Å². The van der Waals surface area contributed by atoms with Gasteiger partial charge in [0.05, 0.1) is 14.2 Å². The summed E-state index contributed by atoms with van der Waals surface area (Å²) in [5, 5.41) is 5.52. The molecule has 0 saturated heterocycles. The van der Waals surface area contributed by atoms with Gasteiger partial charge in [-0.15, -0.1) is 0 Å². The zero-order valence-electron chi connectivity index (χ0n) is 17.0. The molecule has 0 aromatic heterocycles. The van der Waals surface area contributed by atoms with Crippen LogP contribution in [-0.2, 0) is 25.5 Å². The molecular weight excluding hydrogens is 370 g/mol. The fourth-order valence-electron chi connectivity index (χ4n) is 2.88. The quantitative estimate of drug-likeness (QED) is 0.532. The Kier molecular flexibility index (Phi) is 8.36. The van der Waals surface area contributed by atoms with Gasteiger partial charge < -0.3 is 20.3 Å². The van der Waals surface area contributed by atoms with Crippen molar-refractivity contribution in [3.05, 3.63) is 65.7 Å². The van der Waals surface area contributed by atoms with Crippen LogP contribution in [0.25, 0.3) is 0 Å². The summed E-state index contributed by atoms with van der Waals surface area (Å²) >= 11 is 0. The highest BCUT2D eigenvalue weighted by molar-refractivity contribution is 5.91. The summed E-state index contributed by atoms with van der Waals surface area (Å²) in [6.07, 6.45) is 0.339. The predicted octanol–water partition coefficient (Wildman–Crippen LogP) is 0.349. The van der Waals surface area contributed by atoms with E-state index in [1.54, 1.807) is 7.05 Å². The van der Waals surface area contributed by atoms with Gasteiger partial charge in [-0.25, -0.2) is 4.79 Å². The van der Waals surface area contributed by atoms with Gasteiger partial charge in [0.2, 0.25) is 0 Å². The molecule has 0 aliphatic rings. The van der Waals surface area contributed by atoms with Crippen LogP contribution in [0, 0.1) is 6.92 Å². The summed E-state index contributed by atoms with van der Waals surface area (Å²) in [4.78, 5) is 37.3. The van der Waals surface area contributed by atoms with Crippen molar-refractivity contribution in [3.63, 3.8) is 0 Å². The molecule has 2 atom stereocenters. The first-order valence-electron chi connectivity index (χ1n) is 9.46. The minimum atomic E-state index is -0.774. The van der Waals surface area contributed by atoms with Gasteiger partial charge in [0.1, 0.15) is 6.04 Å². The van der Waals surface area contributed by atoms with Crippen LogP contribution in [0.4, 0.5) is 5.69 Å². The first-order chi connectivity index (χ1) is 13.9. The molecule has 2 aromatic rings. The van der Waals surface area contributed by atoms with Crippen molar-refractivity contribution in [3.8, 4) is 0 Å². The minimum absolute atomic E-state index is 0.0591. The van der Waals surface area contributed by atoms with Crippen molar-refractivity contribution in [1.29, 1.82) is 0 Å². The van der Waals surface area contributed by atoms with Crippen LogP contribution in [0.1, 0.15) is 11.1 Å². The van der Waals surface area contributed by atoms with Gasteiger partial charge in [0, 0.05) is 12.1 Å². The molecule has 2 amide bonds. The molecule has 0 fully saturated rings. The predicted molar refractivity (Wildman–Crippen MR) is 111 cm³/mol. The van der Waals surface area contributed by atoms with Gasteiger partial charge in [-0.05, 0) is 24.6 Å². The Balaban J connectivity index is 1.85. The maximum absolute atomic E-state index is 12.4. The third kappa shape index (κ3) is 7.75. The van der Waals surface area contributed by atoms with E-state index in [-0.39, 0.29) is 24.9 Å². The fourth-order valence-corrected chi connectivity index (χ4v) is 2.88. The minimum Gasteiger partial charge on any atom is -0.467 e. The van der Waals surface area contributed by atoms with Crippen LogP contribution in [0.15, 0.2) is 54.6 Å². The standard InChI is InChI=1S/C22H27N3O4/c1-16-9-11-18(12-10-16)23-20(26)14-25(2)15-21(27)24-19(22(28)29-3)13-17-7-5-4-6-8-17/h4-12,19H,13-15H2,1-3H3,(H,23,26)(H,24,27)/p+1/t19-/m0/s1. The third-order valence-corrected chi connectivity index (χ3v) is 4.36. The first-order valence-corrected chi connectivity index (χ1v) is 9.46. The fraction of sp³-hybridized carbons (Fsp3) is 0.318. The maximum atomic E-state index is 12.4. The summed E-state index contributed by atoms with van der Waals surface area (Å²) in [7, 11) is 3.04. The molecule has 154 valence electrons. The molecule has 0 aliphatic carbocycles. The van der Waals surface area contributed by atoms with E-state index in [2.05, 4.69) is 10.6 Å². The lowest BCUT2D eigenvalue weighted by Gasteiger charge is -2.18. The number of likely N-dealkylation sites (N-methyl/N-ethyl adjacent to an activating group) is 1. The highest BCUT2D eigenvalue weighted by Gasteiger charge is 2.24. The van der Waals surface area contributed by atoms with Crippen molar-refractivity contribution in [2.75, 3.05) is 32.6 Å². The second-order valence-corrected chi connectivity index (χ2v) is 7.06. The highest BCUT2D eigenvalue weighted by atomic mass is 16.5. The van der Waals surface area contributed by atoms with Gasteiger partial charge in [-0.3, -0.25) is 9.59 Å². The Morgan fingerprint density at radius 2 is 1.59 bits per heavy atom. The largest absolute Gasteiger partial charge is 0.467 e. The van der Waals surface area contributed by atoms with E-state index < -0.39 is 12.0 Å². The van der Waals surface area contributed by atoms with Gasteiger partial charge >= 0.3 is 5.97 Å². The number of quaternary nitrogens is 1. The Bertz CT molecular complexity index is 822. The van der Waals surface area contributed by atoms with E-state index in [0.29, 0.717) is 17.0 Å². The number of nitrogens with one attached hydrogen (secondary N) is 3. The molecule has 0 spiro atoms. The smallest absolute Gasteiger partial charge is 0.328 e. The highest BCUT2D eigenvalue weighted by Crippen LogP contribution is 2.08.